The molecule has 0 heterocycles. The van der Waals surface area contributed by atoms with E-state index in [-0.39, 0.29) is 18.1 Å². The van der Waals surface area contributed by atoms with Crippen LogP contribution in [0.15, 0.2) is 29.2 Å². The number of ether oxygens (including phenoxy) is 1. The maximum Gasteiger partial charge on any atom is 0.328 e. The van der Waals surface area contributed by atoms with Crippen molar-refractivity contribution < 1.29 is 27.9 Å². The maximum atomic E-state index is 12.1. The third-order valence-electron chi connectivity index (χ3n) is 2.93. The summed E-state index contributed by atoms with van der Waals surface area (Å²) in [6.45, 7) is 2.44. The molecule has 0 radical (unpaired) electrons. The van der Waals surface area contributed by atoms with E-state index in [0.29, 0.717) is 18.7 Å². The van der Waals surface area contributed by atoms with Gasteiger partial charge in [0, 0.05) is 13.0 Å². The number of sulfonamides is 1. The second kappa shape index (κ2) is 10.3. The van der Waals surface area contributed by atoms with Crippen LogP contribution in [-0.4, -0.2) is 39.3 Å². The molecule has 0 fully saturated rings. The Morgan fingerprint density at radius 3 is 2.48 bits per heavy atom. The zero-order valence-electron chi connectivity index (χ0n) is 13.8. The predicted octanol–water partition coefficient (Wildman–Crippen LogP) is 1.45. The van der Waals surface area contributed by atoms with Crippen LogP contribution in [-0.2, 0) is 14.9 Å². The molecule has 0 spiro atoms. The van der Waals surface area contributed by atoms with Crippen LogP contribution in [0.1, 0.15) is 26.2 Å². The molecule has 10 nitrogen and oxygen atoms in total. The summed E-state index contributed by atoms with van der Waals surface area (Å²) in [6, 6.07) is 4.67. The molecule has 140 valence electrons. The lowest BCUT2D eigenvalue weighted by atomic mass is 10.3. The molecule has 1 rings (SSSR count). The standard InChI is InChI=1S/C14H21N3O7S/c1-2-3-9-15-14(18)16-25(21,22)13-7-5-12(6-8-13)23-10-4-11-24-17(19)20/h5-8H,2-4,9-11H2,1H3,(H2,15,16,18). The number of hydrogen-bond acceptors (Lipinski definition) is 7. The number of hydrogen-bond donors (Lipinski definition) is 2. The van der Waals surface area contributed by atoms with Gasteiger partial charge in [-0.2, -0.15) is 0 Å². The molecular weight excluding hydrogens is 354 g/mol. The molecule has 0 unspecified atom stereocenters. The summed E-state index contributed by atoms with van der Waals surface area (Å²) in [5.74, 6) is 0.396. The number of carbonyl (C=O) groups excluding carboxylic acids is 1. The number of unbranched alkanes of at least 4 members (excludes halogenated alkanes) is 1. The zero-order chi connectivity index (χ0) is 18.7. The molecule has 0 bridgehead atoms. The third-order valence-corrected chi connectivity index (χ3v) is 4.28. The van der Waals surface area contributed by atoms with E-state index in [1.807, 2.05) is 11.6 Å². The monoisotopic (exact) mass is 375 g/mol. The van der Waals surface area contributed by atoms with Crippen molar-refractivity contribution >= 4 is 16.1 Å². The fourth-order valence-corrected chi connectivity index (χ4v) is 2.63. The highest BCUT2D eigenvalue weighted by Crippen LogP contribution is 2.16. The number of rotatable bonds is 11. The predicted molar refractivity (Wildman–Crippen MR) is 88.1 cm³/mol. The average Bonchev–Trinajstić information content (AvgIpc) is 2.54. The molecular formula is C14H21N3O7S. The van der Waals surface area contributed by atoms with E-state index < -0.39 is 21.1 Å². The smallest absolute Gasteiger partial charge is 0.328 e. The van der Waals surface area contributed by atoms with Gasteiger partial charge in [-0.25, -0.2) is 17.9 Å². The summed E-state index contributed by atoms with van der Waals surface area (Å²) >= 11 is 0. The summed E-state index contributed by atoms with van der Waals surface area (Å²) < 4.78 is 31.3. The molecule has 0 aliphatic rings. The summed E-state index contributed by atoms with van der Waals surface area (Å²) in [6.07, 6.45) is 1.94. The molecule has 2 amide bonds. The fourth-order valence-electron chi connectivity index (χ4n) is 1.70. The minimum atomic E-state index is -3.96. The lowest BCUT2D eigenvalue weighted by Crippen LogP contribution is -2.39. The molecule has 0 aliphatic carbocycles. The number of nitrogens with one attached hydrogen (secondary N) is 2. The number of amides is 2. The van der Waals surface area contributed by atoms with Crippen LogP contribution >= 0.6 is 0 Å². The maximum absolute atomic E-state index is 12.1. The van der Waals surface area contributed by atoms with Gasteiger partial charge in [0.05, 0.1) is 18.1 Å². The molecule has 0 aliphatic heterocycles. The van der Waals surface area contributed by atoms with Crippen LogP contribution < -0.4 is 14.8 Å². The molecule has 0 saturated heterocycles. The largest absolute Gasteiger partial charge is 0.494 e. The molecule has 1 aromatic carbocycles. The minimum Gasteiger partial charge on any atom is -0.494 e. The molecule has 0 saturated carbocycles. The van der Waals surface area contributed by atoms with Crippen LogP contribution in [0.3, 0.4) is 0 Å². The number of benzene rings is 1. The number of carbonyl (C=O) groups is 1. The Bertz CT molecular complexity index is 662. The van der Waals surface area contributed by atoms with Gasteiger partial charge in [-0.05, 0) is 30.7 Å². The van der Waals surface area contributed by atoms with Gasteiger partial charge in [0.25, 0.3) is 15.1 Å². The second-order valence-electron chi connectivity index (χ2n) is 4.95. The summed E-state index contributed by atoms with van der Waals surface area (Å²) in [5.41, 5.74) is 0. The average molecular weight is 375 g/mol. The van der Waals surface area contributed by atoms with Gasteiger partial charge in [0.2, 0.25) is 0 Å². The Balaban J connectivity index is 2.48. The van der Waals surface area contributed by atoms with E-state index in [9.17, 15) is 23.3 Å². The van der Waals surface area contributed by atoms with E-state index in [1.165, 1.54) is 24.3 Å². The van der Waals surface area contributed by atoms with E-state index in [2.05, 4.69) is 10.2 Å². The highest BCUT2D eigenvalue weighted by atomic mass is 32.2. The van der Waals surface area contributed by atoms with Crippen LogP contribution in [0.4, 0.5) is 4.79 Å². The van der Waals surface area contributed by atoms with Crippen molar-refractivity contribution in [3.8, 4) is 5.75 Å². The van der Waals surface area contributed by atoms with Crippen molar-refractivity contribution in [1.29, 1.82) is 0 Å². The molecule has 0 atom stereocenters. The highest BCUT2D eigenvalue weighted by molar-refractivity contribution is 7.90. The van der Waals surface area contributed by atoms with Crippen LogP contribution in [0.25, 0.3) is 0 Å². The molecule has 1 aromatic rings. The van der Waals surface area contributed by atoms with E-state index in [0.717, 1.165) is 12.8 Å². The van der Waals surface area contributed by atoms with Crippen LogP contribution in [0.2, 0.25) is 0 Å². The van der Waals surface area contributed by atoms with Crippen molar-refractivity contribution in [2.75, 3.05) is 19.8 Å². The Morgan fingerprint density at radius 2 is 1.88 bits per heavy atom. The highest BCUT2D eigenvalue weighted by Gasteiger charge is 2.17. The third kappa shape index (κ3) is 8.20. The van der Waals surface area contributed by atoms with Gasteiger partial charge in [0.1, 0.15) is 5.75 Å². The normalized spacial score (nSPS) is 10.8. The van der Waals surface area contributed by atoms with Crippen molar-refractivity contribution in [1.82, 2.24) is 10.0 Å². The SMILES string of the molecule is CCCCNC(=O)NS(=O)(=O)c1ccc(OCCCO[N+](=O)[O-])cc1. The first-order valence-corrected chi connectivity index (χ1v) is 9.14. The topological polar surface area (TPSA) is 137 Å². The lowest BCUT2D eigenvalue weighted by molar-refractivity contribution is -0.757. The minimum absolute atomic E-state index is 0.0813. The van der Waals surface area contributed by atoms with Gasteiger partial charge in [-0.3, -0.25) is 0 Å². The van der Waals surface area contributed by atoms with Gasteiger partial charge >= 0.3 is 6.03 Å². The molecule has 0 aromatic heterocycles. The van der Waals surface area contributed by atoms with E-state index >= 15 is 0 Å². The van der Waals surface area contributed by atoms with Gasteiger partial charge in [0.15, 0.2) is 0 Å². The van der Waals surface area contributed by atoms with Crippen molar-refractivity contribution in [3.05, 3.63) is 34.4 Å². The molecule has 2 N–H and O–H groups in total. The first kappa shape index (κ1) is 20.5. The fraction of sp³-hybridized carbons (Fsp3) is 0.500. The number of urea groups is 1. The van der Waals surface area contributed by atoms with Crippen molar-refractivity contribution in [2.24, 2.45) is 0 Å². The van der Waals surface area contributed by atoms with Gasteiger partial charge in [-0.15, -0.1) is 10.1 Å². The summed E-state index contributed by atoms with van der Waals surface area (Å²) in [4.78, 5) is 25.6. The lowest BCUT2D eigenvalue weighted by Gasteiger charge is -2.09. The molecule has 11 heteroatoms. The van der Waals surface area contributed by atoms with Crippen LogP contribution in [0, 0.1) is 10.1 Å². The zero-order valence-corrected chi connectivity index (χ0v) is 14.6. The van der Waals surface area contributed by atoms with Crippen molar-refractivity contribution in [2.45, 2.75) is 31.1 Å². The Labute approximate surface area is 145 Å². The second-order valence-corrected chi connectivity index (χ2v) is 6.63. The summed E-state index contributed by atoms with van der Waals surface area (Å²) in [5, 5.41) is 11.5. The Morgan fingerprint density at radius 1 is 1.20 bits per heavy atom. The first-order chi connectivity index (χ1) is 11.8. The van der Waals surface area contributed by atoms with Gasteiger partial charge in [-0.1, -0.05) is 13.3 Å². The van der Waals surface area contributed by atoms with E-state index in [4.69, 9.17) is 4.74 Å². The Hall–Kier alpha value is -2.56. The first-order valence-electron chi connectivity index (χ1n) is 7.66. The molecule has 25 heavy (non-hydrogen) atoms. The van der Waals surface area contributed by atoms with E-state index in [1.54, 1.807) is 0 Å². The van der Waals surface area contributed by atoms with Crippen molar-refractivity contribution in [3.63, 3.8) is 0 Å². The summed E-state index contributed by atoms with van der Waals surface area (Å²) in [7, 11) is -3.96. The van der Waals surface area contributed by atoms with Gasteiger partial charge < -0.3 is 14.9 Å². The number of nitrogens with zero attached hydrogens (tertiary/aromatic N) is 1. The van der Waals surface area contributed by atoms with Crippen LogP contribution in [0.5, 0.6) is 5.75 Å². The Kier molecular flexibility index (Phi) is 8.47. The quantitative estimate of drug-likeness (QED) is 0.339.